The normalized spacial score (nSPS) is 11.8. The zero-order valence-electron chi connectivity index (χ0n) is 11.2. The van der Waals surface area contributed by atoms with Crippen molar-refractivity contribution in [3.63, 3.8) is 0 Å². The average Bonchev–Trinajstić information content (AvgIpc) is 2.90. The van der Waals surface area contributed by atoms with Gasteiger partial charge in [0, 0.05) is 11.1 Å². The van der Waals surface area contributed by atoms with E-state index >= 15 is 0 Å². The molecule has 0 radical (unpaired) electrons. The number of H-pyrrole nitrogens is 1. The highest BCUT2D eigenvalue weighted by atomic mass is 19.4. The Hall–Kier alpha value is -2.76. The number of fused-ring (bicyclic) bond motifs is 1. The average molecular weight is 304 g/mol. The van der Waals surface area contributed by atoms with Crippen molar-refractivity contribution in [2.75, 3.05) is 0 Å². The van der Waals surface area contributed by atoms with E-state index in [-0.39, 0.29) is 0 Å². The number of primary amides is 1. The molecule has 3 rings (SSSR count). The van der Waals surface area contributed by atoms with Crippen molar-refractivity contribution < 1.29 is 18.0 Å². The number of carbonyl (C=O) groups excluding carboxylic acids is 1. The number of aromatic amines is 1. The monoisotopic (exact) mass is 304 g/mol. The van der Waals surface area contributed by atoms with E-state index in [1.54, 1.807) is 24.3 Å². The molecule has 0 bridgehead atoms. The minimum absolute atomic E-state index is 0.343. The van der Waals surface area contributed by atoms with E-state index in [0.717, 1.165) is 17.5 Å². The van der Waals surface area contributed by atoms with Crippen LogP contribution in [0.15, 0.2) is 48.5 Å². The van der Waals surface area contributed by atoms with Crippen molar-refractivity contribution in [3.05, 3.63) is 59.7 Å². The third kappa shape index (κ3) is 2.43. The number of alkyl halides is 3. The number of hydrogen-bond acceptors (Lipinski definition) is 1. The van der Waals surface area contributed by atoms with Gasteiger partial charge in [-0.25, -0.2) is 0 Å². The van der Waals surface area contributed by atoms with Crippen LogP contribution in [-0.4, -0.2) is 10.9 Å². The number of halogens is 3. The van der Waals surface area contributed by atoms with Crippen molar-refractivity contribution in [1.82, 2.24) is 4.98 Å². The van der Waals surface area contributed by atoms with Crippen LogP contribution < -0.4 is 5.73 Å². The van der Waals surface area contributed by atoms with Crippen LogP contribution in [0.25, 0.3) is 22.2 Å². The van der Waals surface area contributed by atoms with Crippen LogP contribution in [0, 0.1) is 0 Å². The molecule has 2 aromatic carbocycles. The molecule has 112 valence electrons. The highest BCUT2D eigenvalue weighted by Gasteiger charge is 2.30. The van der Waals surface area contributed by atoms with Crippen LogP contribution in [0.3, 0.4) is 0 Å². The summed E-state index contributed by atoms with van der Waals surface area (Å²) in [7, 11) is 0. The minimum atomic E-state index is -4.36. The molecule has 0 fully saturated rings. The van der Waals surface area contributed by atoms with Crippen LogP contribution >= 0.6 is 0 Å². The Bertz CT molecular complexity index is 848. The zero-order chi connectivity index (χ0) is 15.9. The number of aromatic nitrogens is 1. The lowest BCUT2D eigenvalue weighted by molar-refractivity contribution is -0.137. The second-order valence-electron chi connectivity index (χ2n) is 4.89. The number of amides is 1. The number of rotatable bonds is 2. The Morgan fingerprint density at radius 3 is 2.32 bits per heavy atom. The fourth-order valence-electron chi connectivity index (χ4n) is 2.36. The Morgan fingerprint density at radius 1 is 1.05 bits per heavy atom. The number of hydrogen-bond donors (Lipinski definition) is 2. The van der Waals surface area contributed by atoms with Gasteiger partial charge in [-0.05, 0) is 29.8 Å². The van der Waals surface area contributed by atoms with Crippen molar-refractivity contribution >= 4 is 16.8 Å². The molecule has 22 heavy (non-hydrogen) atoms. The lowest BCUT2D eigenvalue weighted by Gasteiger charge is -2.06. The molecule has 1 heterocycles. The van der Waals surface area contributed by atoms with Gasteiger partial charge in [-0.1, -0.05) is 24.3 Å². The molecule has 0 saturated carbocycles. The second kappa shape index (κ2) is 4.91. The maximum Gasteiger partial charge on any atom is 0.416 e. The van der Waals surface area contributed by atoms with E-state index in [9.17, 15) is 18.0 Å². The van der Waals surface area contributed by atoms with Crippen LogP contribution in [0.5, 0.6) is 0 Å². The van der Waals surface area contributed by atoms with Gasteiger partial charge in [0.25, 0.3) is 5.91 Å². The SMILES string of the molecule is NC(=O)c1cccc2cc(-c3ccc(C(F)(F)F)cc3)[nH]c12. The molecule has 1 amide bonds. The van der Waals surface area contributed by atoms with Crippen molar-refractivity contribution in [2.45, 2.75) is 6.18 Å². The van der Waals surface area contributed by atoms with Gasteiger partial charge >= 0.3 is 6.18 Å². The summed E-state index contributed by atoms with van der Waals surface area (Å²) in [4.78, 5) is 14.4. The Labute approximate surface area is 123 Å². The van der Waals surface area contributed by atoms with E-state index < -0.39 is 17.6 Å². The molecule has 1 aromatic heterocycles. The molecular formula is C16H11F3N2O. The van der Waals surface area contributed by atoms with Crippen molar-refractivity contribution in [1.29, 1.82) is 0 Å². The first-order valence-electron chi connectivity index (χ1n) is 6.45. The summed E-state index contributed by atoms with van der Waals surface area (Å²) in [5, 5.41) is 0.770. The molecule has 0 spiro atoms. The largest absolute Gasteiger partial charge is 0.416 e. The maximum atomic E-state index is 12.6. The number of nitrogens with one attached hydrogen (secondary N) is 1. The summed E-state index contributed by atoms with van der Waals surface area (Å²) in [6.45, 7) is 0. The second-order valence-corrected chi connectivity index (χ2v) is 4.89. The summed E-state index contributed by atoms with van der Waals surface area (Å²) in [5.74, 6) is -0.564. The molecule has 0 atom stereocenters. The van der Waals surface area contributed by atoms with Gasteiger partial charge in [0.15, 0.2) is 0 Å². The third-order valence-electron chi connectivity index (χ3n) is 3.44. The van der Waals surface area contributed by atoms with Gasteiger partial charge in [-0.15, -0.1) is 0 Å². The first kappa shape index (κ1) is 14.2. The Kier molecular flexibility index (Phi) is 3.16. The molecule has 3 aromatic rings. The third-order valence-corrected chi connectivity index (χ3v) is 3.44. The minimum Gasteiger partial charge on any atom is -0.366 e. The standard InChI is InChI=1S/C16H11F3N2O/c17-16(18,19)11-6-4-9(5-7-11)13-8-10-2-1-3-12(15(20)22)14(10)21-13/h1-8,21H,(H2,20,22). The highest BCUT2D eigenvalue weighted by molar-refractivity contribution is 6.06. The predicted octanol–water partition coefficient (Wildman–Crippen LogP) is 3.95. The van der Waals surface area contributed by atoms with Gasteiger partial charge in [0.05, 0.1) is 16.6 Å². The lowest BCUT2D eigenvalue weighted by atomic mass is 10.1. The number of carbonyl (C=O) groups is 1. The first-order chi connectivity index (χ1) is 10.4. The molecule has 3 N–H and O–H groups in total. The predicted molar refractivity (Wildman–Crippen MR) is 77.3 cm³/mol. The number of para-hydroxylation sites is 1. The van der Waals surface area contributed by atoms with Crippen LogP contribution in [0.2, 0.25) is 0 Å². The lowest BCUT2D eigenvalue weighted by Crippen LogP contribution is -2.11. The molecular weight excluding hydrogens is 293 g/mol. The van der Waals surface area contributed by atoms with Gasteiger partial charge in [0.1, 0.15) is 0 Å². The maximum absolute atomic E-state index is 12.6. The van der Waals surface area contributed by atoms with Gasteiger partial charge in [-0.3, -0.25) is 4.79 Å². The first-order valence-corrected chi connectivity index (χ1v) is 6.45. The molecule has 0 saturated heterocycles. The molecule has 0 aliphatic heterocycles. The Morgan fingerprint density at radius 2 is 1.73 bits per heavy atom. The molecule has 3 nitrogen and oxygen atoms in total. The van der Waals surface area contributed by atoms with Crippen LogP contribution in [0.4, 0.5) is 13.2 Å². The Balaban J connectivity index is 2.07. The summed E-state index contributed by atoms with van der Waals surface area (Å²) in [6.07, 6.45) is -4.36. The topological polar surface area (TPSA) is 58.9 Å². The van der Waals surface area contributed by atoms with Gasteiger partial charge in [-0.2, -0.15) is 13.2 Å². The summed E-state index contributed by atoms with van der Waals surface area (Å²) >= 11 is 0. The van der Waals surface area contributed by atoms with Gasteiger partial charge < -0.3 is 10.7 Å². The fourth-order valence-corrected chi connectivity index (χ4v) is 2.36. The molecule has 0 aliphatic rings. The fraction of sp³-hybridized carbons (Fsp3) is 0.0625. The number of benzene rings is 2. The number of nitrogens with two attached hydrogens (primary N) is 1. The van der Waals surface area contributed by atoms with E-state index in [1.807, 2.05) is 0 Å². The van der Waals surface area contributed by atoms with Gasteiger partial charge in [0.2, 0.25) is 0 Å². The summed E-state index contributed by atoms with van der Waals surface area (Å²) in [5.41, 5.74) is 6.74. The van der Waals surface area contributed by atoms with E-state index in [0.29, 0.717) is 22.3 Å². The van der Waals surface area contributed by atoms with E-state index in [4.69, 9.17) is 5.73 Å². The highest BCUT2D eigenvalue weighted by Crippen LogP contribution is 2.32. The quantitative estimate of drug-likeness (QED) is 0.740. The molecule has 6 heteroatoms. The molecule has 0 unspecified atom stereocenters. The summed E-state index contributed by atoms with van der Waals surface area (Å²) in [6, 6.07) is 11.7. The zero-order valence-corrected chi connectivity index (χ0v) is 11.2. The van der Waals surface area contributed by atoms with Crippen molar-refractivity contribution in [3.8, 4) is 11.3 Å². The van der Waals surface area contributed by atoms with Crippen LogP contribution in [-0.2, 0) is 6.18 Å². The smallest absolute Gasteiger partial charge is 0.366 e. The van der Waals surface area contributed by atoms with E-state index in [2.05, 4.69) is 4.98 Å². The molecule has 0 aliphatic carbocycles. The van der Waals surface area contributed by atoms with E-state index in [1.165, 1.54) is 12.1 Å². The summed E-state index contributed by atoms with van der Waals surface area (Å²) < 4.78 is 37.7. The van der Waals surface area contributed by atoms with Crippen molar-refractivity contribution in [2.24, 2.45) is 5.73 Å². The van der Waals surface area contributed by atoms with Crippen LogP contribution in [0.1, 0.15) is 15.9 Å².